The quantitative estimate of drug-likeness (QED) is 0.864. The van der Waals surface area contributed by atoms with Gasteiger partial charge in [-0.3, -0.25) is 9.78 Å². The number of hydrogen-bond acceptors (Lipinski definition) is 3. The minimum atomic E-state index is -0.834. The van der Waals surface area contributed by atoms with Crippen molar-refractivity contribution in [3.8, 4) is 0 Å². The van der Waals surface area contributed by atoms with E-state index in [1.54, 1.807) is 12.3 Å². The van der Waals surface area contributed by atoms with E-state index < -0.39 is 11.6 Å². The van der Waals surface area contributed by atoms with Crippen LogP contribution >= 0.6 is 0 Å². The van der Waals surface area contributed by atoms with Crippen LogP contribution in [-0.4, -0.2) is 34.4 Å². The first-order chi connectivity index (χ1) is 12.6. The number of rotatable bonds is 6. The lowest BCUT2D eigenvalue weighted by molar-refractivity contribution is -0.129. The molecular formula is C20H21F2N3O. The molecule has 4 rings (SSSR count). The summed E-state index contributed by atoms with van der Waals surface area (Å²) in [7, 11) is 0. The molecule has 1 saturated carbocycles. The second kappa shape index (κ2) is 7.11. The largest absolute Gasteiger partial charge is 0.331 e. The molecule has 2 aromatic rings. The predicted molar refractivity (Wildman–Crippen MR) is 93.3 cm³/mol. The Morgan fingerprint density at radius 2 is 2.04 bits per heavy atom. The van der Waals surface area contributed by atoms with Gasteiger partial charge in [0.2, 0.25) is 5.91 Å². The Morgan fingerprint density at radius 3 is 2.73 bits per heavy atom. The van der Waals surface area contributed by atoms with Gasteiger partial charge < -0.3 is 10.2 Å². The van der Waals surface area contributed by atoms with Gasteiger partial charge >= 0.3 is 0 Å². The minimum Gasteiger partial charge on any atom is -0.331 e. The zero-order chi connectivity index (χ0) is 18.1. The topological polar surface area (TPSA) is 45.2 Å². The maximum atomic E-state index is 13.3. The van der Waals surface area contributed by atoms with Crippen LogP contribution in [0.5, 0.6) is 0 Å². The van der Waals surface area contributed by atoms with Crippen molar-refractivity contribution in [1.82, 2.24) is 15.2 Å². The van der Waals surface area contributed by atoms with Crippen LogP contribution in [-0.2, 0) is 11.2 Å². The number of nitrogens with one attached hydrogen (secondary N) is 1. The van der Waals surface area contributed by atoms with Crippen molar-refractivity contribution >= 4 is 5.91 Å². The molecule has 2 fully saturated rings. The summed E-state index contributed by atoms with van der Waals surface area (Å²) in [5, 5.41) is 3.45. The highest BCUT2D eigenvalue weighted by Gasteiger charge is 2.47. The maximum Gasteiger partial charge on any atom is 0.225 e. The molecule has 0 radical (unpaired) electrons. The molecule has 1 aromatic heterocycles. The summed E-state index contributed by atoms with van der Waals surface area (Å²) in [6.07, 6.45) is 6.70. The van der Waals surface area contributed by atoms with Crippen molar-refractivity contribution in [2.75, 3.05) is 6.54 Å². The summed E-state index contributed by atoms with van der Waals surface area (Å²) in [6.45, 7) is 0.596. The Labute approximate surface area is 151 Å². The molecule has 0 unspecified atom stereocenters. The highest BCUT2D eigenvalue weighted by molar-refractivity contribution is 5.81. The summed E-state index contributed by atoms with van der Waals surface area (Å²) >= 11 is 0. The zero-order valence-corrected chi connectivity index (χ0v) is 14.4. The van der Waals surface area contributed by atoms with Gasteiger partial charge in [0.25, 0.3) is 0 Å². The fourth-order valence-corrected chi connectivity index (χ4v) is 3.76. The minimum absolute atomic E-state index is 0.00223. The standard InChI is InChI=1S/C20H21F2N3O/c21-16-6-3-13(10-17(16)22)7-9-24-18-11-19(26)25(15-4-5-15)20(18)14-2-1-8-23-12-14/h1-3,6,8,10,12,15,18,20,24H,4-5,7,9,11H2/t18-,20+/m1/s1. The van der Waals surface area contributed by atoms with E-state index in [1.165, 1.54) is 6.07 Å². The third kappa shape index (κ3) is 3.46. The average molecular weight is 357 g/mol. The lowest BCUT2D eigenvalue weighted by Gasteiger charge is -2.29. The van der Waals surface area contributed by atoms with E-state index in [1.807, 2.05) is 23.2 Å². The first kappa shape index (κ1) is 17.1. The smallest absolute Gasteiger partial charge is 0.225 e. The monoisotopic (exact) mass is 357 g/mol. The van der Waals surface area contributed by atoms with E-state index in [2.05, 4.69) is 10.3 Å². The number of likely N-dealkylation sites (tertiary alicyclic amines) is 1. The normalized spacial score (nSPS) is 22.8. The molecule has 1 amide bonds. The fourth-order valence-electron chi connectivity index (χ4n) is 3.76. The van der Waals surface area contributed by atoms with Crippen molar-refractivity contribution in [2.45, 2.75) is 43.8 Å². The van der Waals surface area contributed by atoms with E-state index in [4.69, 9.17) is 0 Å². The first-order valence-corrected chi connectivity index (χ1v) is 9.02. The first-order valence-electron chi connectivity index (χ1n) is 9.02. The van der Waals surface area contributed by atoms with Crippen LogP contribution < -0.4 is 5.32 Å². The third-order valence-corrected chi connectivity index (χ3v) is 5.13. The molecule has 0 spiro atoms. The molecule has 2 aliphatic rings. The molecular weight excluding hydrogens is 336 g/mol. The molecule has 136 valence electrons. The number of amides is 1. The number of halogens is 2. The highest BCUT2D eigenvalue weighted by atomic mass is 19.2. The van der Waals surface area contributed by atoms with E-state index in [0.717, 1.165) is 30.0 Å². The van der Waals surface area contributed by atoms with Gasteiger partial charge in [0.05, 0.1) is 6.04 Å². The van der Waals surface area contributed by atoms with Crippen molar-refractivity contribution in [1.29, 1.82) is 0 Å². The van der Waals surface area contributed by atoms with Gasteiger partial charge in [0.1, 0.15) is 0 Å². The Hall–Kier alpha value is -2.34. The maximum absolute atomic E-state index is 13.3. The van der Waals surface area contributed by atoms with Crippen LogP contribution in [0.1, 0.15) is 36.4 Å². The summed E-state index contributed by atoms with van der Waals surface area (Å²) in [4.78, 5) is 18.8. The summed E-state index contributed by atoms with van der Waals surface area (Å²) in [5.74, 6) is -1.49. The van der Waals surface area contributed by atoms with Crippen LogP contribution in [0.15, 0.2) is 42.7 Å². The number of aromatic nitrogens is 1. The van der Waals surface area contributed by atoms with Crippen LogP contribution in [0, 0.1) is 11.6 Å². The van der Waals surface area contributed by atoms with Gasteiger partial charge in [-0.15, -0.1) is 0 Å². The number of hydrogen-bond donors (Lipinski definition) is 1. The van der Waals surface area contributed by atoms with Gasteiger partial charge in [0.15, 0.2) is 11.6 Å². The number of nitrogens with zero attached hydrogens (tertiary/aromatic N) is 2. The summed E-state index contributed by atoms with van der Waals surface area (Å²) < 4.78 is 26.4. The SMILES string of the molecule is O=C1C[C@@H](NCCc2ccc(F)c(F)c2)[C@H](c2cccnc2)N1C1CC1. The number of pyridine rings is 1. The third-order valence-electron chi connectivity index (χ3n) is 5.13. The molecule has 1 saturated heterocycles. The highest BCUT2D eigenvalue weighted by Crippen LogP contribution is 2.41. The molecule has 0 bridgehead atoms. The van der Waals surface area contributed by atoms with E-state index in [-0.39, 0.29) is 18.0 Å². The van der Waals surface area contributed by atoms with Crippen LogP contribution in [0.4, 0.5) is 8.78 Å². The van der Waals surface area contributed by atoms with E-state index in [0.29, 0.717) is 25.4 Å². The molecule has 1 aromatic carbocycles. The van der Waals surface area contributed by atoms with Crippen LogP contribution in [0.2, 0.25) is 0 Å². The van der Waals surface area contributed by atoms with Crippen molar-refractivity contribution in [3.63, 3.8) is 0 Å². The van der Waals surface area contributed by atoms with Crippen molar-refractivity contribution in [2.24, 2.45) is 0 Å². The molecule has 6 heteroatoms. The zero-order valence-electron chi connectivity index (χ0n) is 14.4. The van der Waals surface area contributed by atoms with E-state index >= 15 is 0 Å². The van der Waals surface area contributed by atoms with Crippen molar-refractivity contribution < 1.29 is 13.6 Å². The number of carbonyl (C=O) groups is 1. The summed E-state index contributed by atoms with van der Waals surface area (Å²) in [6, 6.07) is 8.19. The second-order valence-electron chi connectivity index (χ2n) is 7.03. The second-order valence-corrected chi connectivity index (χ2v) is 7.03. The Bertz CT molecular complexity index is 795. The van der Waals surface area contributed by atoms with Crippen LogP contribution in [0.25, 0.3) is 0 Å². The molecule has 26 heavy (non-hydrogen) atoms. The molecule has 4 nitrogen and oxygen atoms in total. The Balaban J connectivity index is 1.45. The van der Waals surface area contributed by atoms with Gasteiger partial charge in [-0.1, -0.05) is 12.1 Å². The molecule has 2 atom stereocenters. The van der Waals surface area contributed by atoms with Gasteiger partial charge in [0, 0.05) is 30.9 Å². The fraction of sp³-hybridized carbons (Fsp3) is 0.400. The van der Waals surface area contributed by atoms with E-state index in [9.17, 15) is 13.6 Å². The lowest BCUT2D eigenvalue weighted by Crippen LogP contribution is -2.38. The molecule has 2 heterocycles. The predicted octanol–water partition coefficient (Wildman–Crippen LogP) is 3.00. The number of benzene rings is 1. The molecule has 1 aliphatic carbocycles. The van der Waals surface area contributed by atoms with Crippen LogP contribution in [0.3, 0.4) is 0 Å². The van der Waals surface area contributed by atoms with Gasteiger partial charge in [-0.05, 0) is 55.1 Å². The van der Waals surface area contributed by atoms with Gasteiger partial charge in [-0.25, -0.2) is 8.78 Å². The Kier molecular flexibility index (Phi) is 4.68. The molecule has 1 aliphatic heterocycles. The van der Waals surface area contributed by atoms with Gasteiger partial charge in [-0.2, -0.15) is 0 Å². The summed E-state index contributed by atoms with van der Waals surface area (Å²) in [5.41, 5.74) is 1.77. The average Bonchev–Trinajstić information content (AvgIpc) is 3.42. The molecule has 1 N–H and O–H groups in total. The number of carbonyl (C=O) groups excluding carboxylic acids is 1. The Morgan fingerprint density at radius 1 is 1.19 bits per heavy atom. The van der Waals surface area contributed by atoms with Crippen molar-refractivity contribution in [3.05, 3.63) is 65.5 Å². The lowest BCUT2D eigenvalue weighted by atomic mass is 10.0.